The zero-order chi connectivity index (χ0) is 14.1. The Morgan fingerprint density at radius 3 is 2.80 bits per heavy atom. The highest BCUT2D eigenvalue weighted by Crippen LogP contribution is 2.33. The lowest BCUT2D eigenvalue weighted by Gasteiger charge is -2.09. The summed E-state index contributed by atoms with van der Waals surface area (Å²) in [6, 6.07) is 5.97. The van der Waals surface area contributed by atoms with Crippen LogP contribution in [0.25, 0.3) is 15.8 Å². The summed E-state index contributed by atoms with van der Waals surface area (Å²) < 4.78 is 3.00. The van der Waals surface area contributed by atoms with E-state index in [1.165, 1.54) is 11.3 Å². The summed E-state index contributed by atoms with van der Waals surface area (Å²) in [5.41, 5.74) is 0.926. The molecule has 1 N–H and O–H groups in total. The molecule has 0 bridgehead atoms. The quantitative estimate of drug-likeness (QED) is 0.803. The van der Waals surface area contributed by atoms with E-state index in [0.29, 0.717) is 0 Å². The normalized spacial score (nSPS) is 11.2. The van der Waals surface area contributed by atoms with E-state index in [0.717, 1.165) is 20.7 Å². The van der Waals surface area contributed by atoms with Gasteiger partial charge in [0.2, 0.25) is 0 Å². The molecule has 0 aromatic carbocycles. The molecule has 0 fully saturated rings. The van der Waals surface area contributed by atoms with Gasteiger partial charge in [-0.25, -0.2) is 0 Å². The van der Waals surface area contributed by atoms with Crippen LogP contribution >= 0.6 is 11.3 Å². The van der Waals surface area contributed by atoms with E-state index >= 15 is 0 Å². The molecular formula is C15H15N3OS. The molecule has 5 heteroatoms. The molecule has 0 aliphatic carbocycles. The molecule has 3 aromatic rings. The Morgan fingerprint density at radius 2 is 2.10 bits per heavy atom. The highest BCUT2D eigenvalue weighted by atomic mass is 32.1. The maximum atomic E-state index is 12.4. The van der Waals surface area contributed by atoms with Crippen molar-refractivity contribution >= 4 is 27.3 Å². The van der Waals surface area contributed by atoms with E-state index in [9.17, 15) is 4.79 Å². The predicted octanol–water partition coefficient (Wildman–Crippen LogP) is 3.23. The van der Waals surface area contributed by atoms with Crippen molar-refractivity contribution < 1.29 is 4.79 Å². The molecule has 102 valence electrons. The summed E-state index contributed by atoms with van der Waals surface area (Å²) in [5, 5.41) is 4.01. The summed E-state index contributed by atoms with van der Waals surface area (Å²) >= 11 is 1.48. The van der Waals surface area contributed by atoms with Gasteiger partial charge in [0, 0.05) is 36.2 Å². The van der Waals surface area contributed by atoms with Crippen LogP contribution in [0.1, 0.15) is 23.5 Å². The molecule has 1 amide bonds. The topological polar surface area (TPSA) is 46.9 Å². The van der Waals surface area contributed by atoms with Gasteiger partial charge in [-0.2, -0.15) is 0 Å². The van der Waals surface area contributed by atoms with Crippen molar-refractivity contribution in [3.63, 3.8) is 0 Å². The Kier molecular flexibility index (Phi) is 3.28. The number of pyridine rings is 1. The van der Waals surface area contributed by atoms with E-state index in [-0.39, 0.29) is 11.9 Å². The molecule has 0 aliphatic rings. The molecule has 3 rings (SSSR count). The molecule has 0 unspecified atom stereocenters. The smallest absolute Gasteiger partial charge is 0.263 e. The second-order valence-electron chi connectivity index (χ2n) is 4.87. The average molecular weight is 285 g/mol. The standard InChI is InChI=1S/C15H15N3OS/c1-10(2)17-15(19)14-13(18-7-3-4-8-18)11-5-6-16-9-12(11)20-14/h3-10H,1-2H3,(H,17,19). The highest BCUT2D eigenvalue weighted by Gasteiger charge is 2.19. The van der Waals surface area contributed by atoms with Gasteiger partial charge < -0.3 is 9.88 Å². The number of hydrogen-bond donors (Lipinski definition) is 1. The fourth-order valence-corrected chi connectivity index (χ4v) is 3.23. The minimum absolute atomic E-state index is 0.0371. The molecule has 0 saturated heterocycles. The lowest BCUT2D eigenvalue weighted by Crippen LogP contribution is -2.30. The number of thiophene rings is 1. The average Bonchev–Trinajstić information content (AvgIpc) is 3.04. The van der Waals surface area contributed by atoms with Crippen LogP contribution in [0.3, 0.4) is 0 Å². The molecule has 0 spiro atoms. The van der Waals surface area contributed by atoms with Gasteiger partial charge in [-0.15, -0.1) is 11.3 Å². The second kappa shape index (κ2) is 5.09. The SMILES string of the molecule is CC(C)NC(=O)c1sc2cnccc2c1-n1cccc1. The minimum atomic E-state index is -0.0371. The third-order valence-electron chi connectivity index (χ3n) is 2.96. The van der Waals surface area contributed by atoms with E-state index in [1.807, 2.05) is 49.0 Å². The van der Waals surface area contributed by atoms with Crippen molar-refractivity contribution in [2.75, 3.05) is 0 Å². The van der Waals surface area contributed by atoms with E-state index in [1.54, 1.807) is 12.4 Å². The molecule has 0 saturated carbocycles. The van der Waals surface area contributed by atoms with Crippen molar-refractivity contribution in [3.8, 4) is 5.69 Å². The molecule has 0 aliphatic heterocycles. The molecule has 4 nitrogen and oxygen atoms in total. The lowest BCUT2D eigenvalue weighted by molar-refractivity contribution is 0.0947. The molecular weight excluding hydrogens is 270 g/mol. The summed E-state index contributed by atoms with van der Waals surface area (Å²) in [7, 11) is 0. The molecule has 20 heavy (non-hydrogen) atoms. The highest BCUT2D eigenvalue weighted by molar-refractivity contribution is 7.21. The number of nitrogens with one attached hydrogen (secondary N) is 1. The van der Waals surface area contributed by atoms with Crippen LogP contribution in [0.4, 0.5) is 0 Å². The first-order chi connectivity index (χ1) is 9.66. The maximum absolute atomic E-state index is 12.4. The summed E-state index contributed by atoms with van der Waals surface area (Å²) in [4.78, 5) is 17.3. The number of carbonyl (C=O) groups excluding carboxylic acids is 1. The van der Waals surface area contributed by atoms with E-state index in [4.69, 9.17) is 0 Å². The number of rotatable bonds is 3. The predicted molar refractivity (Wildman–Crippen MR) is 81.5 cm³/mol. The zero-order valence-electron chi connectivity index (χ0n) is 11.3. The summed E-state index contributed by atoms with van der Waals surface area (Å²) in [6.45, 7) is 3.92. The first kappa shape index (κ1) is 12.9. The van der Waals surface area contributed by atoms with Gasteiger partial charge >= 0.3 is 0 Å². The van der Waals surface area contributed by atoms with Gasteiger partial charge in [-0.1, -0.05) is 0 Å². The Labute approximate surface area is 121 Å². The first-order valence-corrected chi connectivity index (χ1v) is 7.29. The number of nitrogens with zero attached hydrogens (tertiary/aromatic N) is 2. The van der Waals surface area contributed by atoms with Gasteiger partial charge in [0.15, 0.2) is 0 Å². The monoisotopic (exact) mass is 285 g/mol. The van der Waals surface area contributed by atoms with Crippen LogP contribution in [0.15, 0.2) is 43.0 Å². The van der Waals surface area contributed by atoms with Gasteiger partial charge in [-0.05, 0) is 32.0 Å². The molecule has 0 atom stereocenters. The largest absolute Gasteiger partial charge is 0.349 e. The molecule has 0 radical (unpaired) electrons. The molecule has 3 aromatic heterocycles. The minimum Gasteiger partial charge on any atom is -0.349 e. The van der Waals surface area contributed by atoms with Crippen LogP contribution < -0.4 is 5.32 Å². The molecule has 3 heterocycles. The number of aromatic nitrogens is 2. The Morgan fingerprint density at radius 1 is 1.35 bits per heavy atom. The third kappa shape index (κ3) is 2.20. The summed E-state index contributed by atoms with van der Waals surface area (Å²) in [6.07, 6.45) is 7.47. The fourth-order valence-electron chi connectivity index (χ4n) is 2.16. The number of fused-ring (bicyclic) bond motifs is 1. The number of carbonyl (C=O) groups is 1. The Hall–Kier alpha value is -2.14. The Balaban J connectivity index is 2.21. The van der Waals surface area contributed by atoms with Gasteiger partial charge in [-0.3, -0.25) is 9.78 Å². The first-order valence-electron chi connectivity index (χ1n) is 6.47. The second-order valence-corrected chi connectivity index (χ2v) is 5.92. The van der Waals surface area contributed by atoms with Crippen LogP contribution in [-0.2, 0) is 0 Å². The summed E-state index contributed by atoms with van der Waals surface area (Å²) in [5.74, 6) is -0.0371. The zero-order valence-corrected chi connectivity index (χ0v) is 12.1. The third-order valence-corrected chi connectivity index (χ3v) is 4.08. The van der Waals surface area contributed by atoms with Crippen molar-refractivity contribution in [3.05, 3.63) is 47.9 Å². The van der Waals surface area contributed by atoms with Crippen LogP contribution in [0.5, 0.6) is 0 Å². The van der Waals surface area contributed by atoms with Gasteiger partial charge in [0.25, 0.3) is 5.91 Å². The van der Waals surface area contributed by atoms with Gasteiger partial charge in [0.05, 0.1) is 10.4 Å². The van der Waals surface area contributed by atoms with E-state index < -0.39 is 0 Å². The van der Waals surface area contributed by atoms with Crippen molar-refractivity contribution in [2.24, 2.45) is 0 Å². The van der Waals surface area contributed by atoms with Crippen molar-refractivity contribution in [1.82, 2.24) is 14.9 Å². The van der Waals surface area contributed by atoms with Crippen LogP contribution in [0.2, 0.25) is 0 Å². The maximum Gasteiger partial charge on any atom is 0.263 e. The van der Waals surface area contributed by atoms with Gasteiger partial charge in [0.1, 0.15) is 4.88 Å². The van der Waals surface area contributed by atoms with Crippen molar-refractivity contribution in [1.29, 1.82) is 0 Å². The van der Waals surface area contributed by atoms with Crippen LogP contribution in [-0.4, -0.2) is 21.5 Å². The lowest BCUT2D eigenvalue weighted by atomic mass is 10.2. The Bertz CT molecular complexity index is 744. The number of hydrogen-bond acceptors (Lipinski definition) is 3. The van der Waals surface area contributed by atoms with Crippen molar-refractivity contribution in [2.45, 2.75) is 19.9 Å². The van der Waals surface area contributed by atoms with Crippen LogP contribution in [0, 0.1) is 0 Å². The number of amides is 1. The fraction of sp³-hybridized carbons (Fsp3) is 0.200. The van der Waals surface area contributed by atoms with E-state index in [2.05, 4.69) is 10.3 Å².